The van der Waals surface area contributed by atoms with Gasteiger partial charge in [0.25, 0.3) is 15.7 Å². The Bertz CT molecular complexity index is 1190. The molecule has 1 aromatic heterocycles. The van der Waals surface area contributed by atoms with Gasteiger partial charge in [0.15, 0.2) is 0 Å². The first-order valence-corrected chi connectivity index (χ1v) is 11.6. The van der Waals surface area contributed by atoms with Gasteiger partial charge in [0.1, 0.15) is 10.7 Å². The summed E-state index contributed by atoms with van der Waals surface area (Å²) in [5, 5.41) is 15.3. The highest BCUT2D eigenvalue weighted by atomic mass is 32.2. The van der Waals surface area contributed by atoms with Crippen LogP contribution in [0.25, 0.3) is 0 Å². The minimum Gasteiger partial charge on any atom is -0.373 e. The van der Waals surface area contributed by atoms with Crippen molar-refractivity contribution in [1.82, 2.24) is 4.98 Å². The zero-order chi connectivity index (χ0) is 21.9. The number of aryl methyl sites for hydroxylation is 3. The molecule has 0 aliphatic rings. The first-order chi connectivity index (χ1) is 14.2. The van der Waals surface area contributed by atoms with Crippen molar-refractivity contribution in [3.05, 3.63) is 73.7 Å². The highest BCUT2D eigenvalue weighted by Crippen LogP contribution is 2.30. The molecule has 158 valence electrons. The first kappa shape index (κ1) is 21.7. The molecule has 0 fully saturated rings. The van der Waals surface area contributed by atoms with Crippen LogP contribution in [-0.2, 0) is 23.0 Å². The molecule has 10 heteroatoms. The number of benzene rings is 2. The number of rotatable bonds is 8. The summed E-state index contributed by atoms with van der Waals surface area (Å²) in [4.78, 5) is 16.2. The van der Waals surface area contributed by atoms with Gasteiger partial charge in [0.2, 0.25) is 0 Å². The molecule has 0 aliphatic carbocycles. The number of sulfonamides is 1. The number of thiazole rings is 1. The van der Waals surface area contributed by atoms with Crippen LogP contribution in [0.5, 0.6) is 0 Å². The van der Waals surface area contributed by atoms with Crippen LogP contribution in [-0.4, -0.2) is 18.3 Å². The smallest absolute Gasteiger partial charge is 0.293 e. The van der Waals surface area contributed by atoms with Crippen molar-refractivity contribution in [3.63, 3.8) is 0 Å². The van der Waals surface area contributed by atoms with Gasteiger partial charge in [0, 0.05) is 17.1 Å². The van der Waals surface area contributed by atoms with E-state index in [0.29, 0.717) is 12.2 Å². The van der Waals surface area contributed by atoms with Crippen LogP contribution in [0.4, 0.5) is 17.1 Å². The second kappa shape index (κ2) is 8.80. The van der Waals surface area contributed by atoms with Crippen molar-refractivity contribution in [1.29, 1.82) is 0 Å². The standard InChI is InChI=1S/C20H22N4O4S2/c1-4-15-11-22-20(29-15)12-21-18-8-6-16(10-19(18)24(25)26)30(27,28)23-17-7-5-13(2)9-14(17)3/h5-11,21,23H,4,12H2,1-3H3. The maximum atomic E-state index is 12.8. The summed E-state index contributed by atoms with van der Waals surface area (Å²) in [5.41, 5.74) is 2.12. The van der Waals surface area contributed by atoms with Crippen LogP contribution in [0, 0.1) is 24.0 Å². The van der Waals surface area contributed by atoms with Crippen LogP contribution in [0.2, 0.25) is 0 Å². The summed E-state index contributed by atoms with van der Waals surface area (Å²) < 4.78 is 28.1. The molecule has 1 heterocycles. The minimum absolute atomic E-state index is 0.178. The molecule has 0 atom stereocenters. The van der Waals surface area contributed by atoms with Crippen LogP contribution in [0.1, 0.15) is 27.9 Å². The molecule has 2 aromatic carbocycles. The molecule has 0 saturated carbocycles. The van der Waals surface area contributed by atoms with Gasteiger partial charge < -0.3 is 5.32 Å². The van der Waals surface area contributed by atoms with Crippen LogP contribution >= 0.6 is 11.3 Å². The Kier molecular flexibility index (Phi) is 6.37. The topological polar surface area (TPSA) is 114 Å². The molecule has 3 aromatic rings. The molecule has 0 radical (unpaired) electrons. The Hall–Kier alpha value is -2.98. The van der Waals surface area contributed by atoms with Gasteiger partial charge >= 0.3 is 0 Å². The molecular weight excluding hydrogens is 424 g/mol. The second-order valence-electron chi connectivity index (χ2n) is 6.79. The normalized spacial score (nSPS) is 11.3. The number of nitro groups is 1. The molecular formula is C20H22N4O4S2. The lowest BCUT2D eigenvalue weighted by atomic mass is 10.1. The van der Waals surface area contributed by atoms with E-state index in [-0.39, 0.29) is 16.3 Å². The maximum absolute atomic E-state index is 12.8. The van der Waals surface area contributed by atoms with E-state index in [1.807, 2.05) is 19.9 Å². The van der Waals surface area contributed by atoms with E-state index < -0.39 is 14.9 Å². The maximum Gasteiger partial charge on any atom is 0.293 e. The van der Waals surface area contributed by atoms with Gasteiger partial charge in [0.05, 0.1) is 22.1 Å². The fraction of sp³-hybridized carbons (Fsp3) is 0.250. The largest absolute Gasteiger partial charge is 0.373 e. The summed E-state index contributed by atoms with van der Waals surface area (Å²) in [7, 11) is -3.98. The zero-order valence-electron chi connectivity index (χ0n) is 16.8. The van der Waals surface area contributed by atoms with E-state index >= 15 is 0 Å². The first-order valence-electron chi connectivity index (χ1n) is 9.25. The average molecular weight is 447 g/mol. The Balaban J connectivity index is 1.85. The number of nitrogens with one attached hydrogen (secondary N) is 2. The lowest BCUT2D eigenvalue weighted by Gasteiger charge is -2.12. The molecule has 30 heavy (non-hydrogen) atoms. The highest BCUT2D eigenvalue weighted by molar-refractivity contribution is 7.92. The van der Waals surface area contributed by atoms with E-state index in [4.69, 9.17) is 0 Å². The second-order valence-corrected chi connectivity index (χ2v) is 9.67. The van der Waals surface area contributed by atoms with E-state index in [1.54, 1.807) is 25.3 Å². The van der Waals surface area contributed by atoms with Crippen molar-refractivity contribution in [2.24, 2.45) is 0 Å². The Morgan fingerprint density at radius 2 is 1.87 bits per heavy atom. The highest BCUT2D eigenvalue weighted by Gasteiger charge is 2.22. The van der Waals surface area contributed by atoms with E-state index in [2.05, 4.69) is 15.0 Å². The van der Waals surface area contributed by atoms with Crippen LogP contribution in [0.15, 0.2) is 47.5 Å². The fourth-order valence-electron chi connectivity index (χ4n) is 2.87. The summed E-state index contributed by atoms with van der Waals surface area (Å²) in [6, 6.07) is 9.14. The monoisotopic (exact) mass is 446 g/mol. The summed E-state index contributed by atoms with van der Waals surface area (Å²) in [6.45, 7) is 6.05. The number of nitro benzene ring substituents is 1. The number of hydrogen-bond acceptors (Lipinski definition) is 7. The van der Waals surface area contributed by atoms with Gasteiger partial charge in [-0.05, 0) is 44.0 Å². The van der Waals surface area contributed by atoms with Gasteiger partial charge in [-0.3, -0.25) is 14.8 Å². The average Bonchev–Trinajstić information content (AvgIpc) is 3.16. The third kappa shape index (κ3) is 4.95. The molecule has 0 aliphatic heterocycles. The minimum atomic E-state index is -3.98. The van der Waals surface area contributed by atoms with Gasteiger partial charge in [-0.25, -0.2) is 13.4 Å². The van der Waals surface area contributed by atoms with Crippen LogP contribution in [0.3, 0.4) is 0 Å². The van der Waals surface area contributed by atoms with Crippen molar-refractivity contribution < 1.29 is 13.3 Å². The Labute approximate surface area is 179 Å². The molecule has 2 N–H and O–H groups in total. The summed E-state index contributed by atoms with van der Waals surface area (Å²) in [5.74, 6) is 0. The fourth-order valence-corrected chi connectivity index (χ4v) is 4.83. The van der Waals surface area contributed by atoms with E-state index in [1.165, 1.54) is 23.5 Å². The SMILES string of the molecule is CCc1cnc(CNc2ccc(S(=O)(=O)Nc3ccc(C)cc3C)cc2[N+](=O)[O-])s1. The molecule has 0 amide bonds. The molecule has 3 rings (SSSR count). The Morgan fingerprint density at radius 1 is 1.13 bits per heavy atom. The molecule has 0 spiro atoms. The lowest BCUT2D eigenvalue weighted by Crippen LogP contribution is -2.14. The predicted octanol–water partition coefficient (Wildman–Crippen LogP) is 4.64. The van der Waals surface area contributed by atoms with Crippen LogP contribution < -0.4 is 10.0 Å². The quantitative estimate of drug-likeness (QED) is 0.385. The number of aromatic nitrogens is 1. The predicted molar refractivity (Wildman–Crippen MR) is 119 cm³/mol. The van der Waals surface area contributed by atoms with Crippen molar-refractivity contribution in [3.8, 4) is 0 Å². The van der Waals surface area contributed by atoms with Gasteiger partial charge in [-0.1, -0.05) is 24.6 Å². The van der Waals surface area contributed by atoms with Crippen molar-refractivity contribution >= 4 is 38.4 Å². The van der Waals surface area contributed by atoms with E-state index in [9.17, 15) is 18.5 Å². The van der Waals surface area contributed by atoms with E-state index in [0.717, 1.165) is 33.5 Å². The van der Waals surface area contributed by atoms with Gasteiger partial charge in [-0.2, -0.15) is 0 Å². The number of anilines is 2. The lowest BCUT2D eigenvalue weighted by molar-refractivity contribution is -0.384. The molecule has 0 saturated heterocycles. The molecule has 8 nitrogen and oxygen atoms in total. The third-order valence-corrected chi connectivity index (χ3v) is 6.99. The van der Waals surface area contributed by atoms with Crippen molar-refractivity contribution in [2.75, 3.05) is 10.0 Å². The van der Waals surface area contributed by atoms with Gasteiger partial charge in [-0.15, -0.1) is 11.3 Å². The Morgan fingerprint density at radius 3 is 2.50 bits per heavy atom. The van der Waals surface area contributed by atoms with Crippen molar-refractivity contribution in [2.45, 2.75) is 38.6 Å². The zero-order valence-corrected chi connectivity index (χ0v) is 18.4. The summed E-state index contributed by atoms with van der Waals surface area (Å²) in [6.07, 6.45) is 2.66. The third-order valence-electron chi connectivity index (χ3n) is 4.48. The summed E-state index contributed by atoms with van der Waals surface area (Å²) >= 11 is 1.53. The molecule has 0 unspecified atom stereocenters. The molecule has 0 bridgehead atoms. The number of nitrogens with zero attached hydrogens (tertiary/aromatic N) is 2. The number of hydrogen-bond donors (Lipinski definition) is 2.